The Balaban J connectivity index is 0.00000162. The summed E-state index contributed by atoms with van der Waals surface area (Å²) in [6.45, 7) is 0.875. The molecule has 18 heavy (non-hydrogen) atoms. The maximum Gasteiger partial charge on any atom is 0.185 e. The van der Waals surface area contributed by atoms with E-state index >= 15 is 0 Å². The number of nitrogens with two attached hydrogens (primary N) is 2. The monoisotopic (exact) mass is 365 g/mol. The lowest BCUT2D eigenvalue weighted by molar-refractivity contribution is 0.0767. The van der Waals surface area contributed by atoms with Gasteiger partial charge in [-0.3, -0.25) is 4.99 Å². The number of nitrogens with zero attached hydrogens (tertiary/aromatic N) is 1. The Kier molecular flexibility index (Phi) is 6.74. The largest absolute Gasteiger partial charge is 0.370 e. The highest BCUT2D eigenvalue weighted by Gasteiger charge is 2.39. The van der Waals surface area contributed by atoms with Crippen LogP contribution >= 0.6 is 24.0 Å². The molecule has 3 nitrogen and oxygen atoms in total. The van der Waals surface area contributed by atoms with Gasteiger partial charge >= 0.3 is 0 Å². The van der Waals surface area contributed by atoms with Gasteiger partial charge in [0.25, 0.3) is 0 Å². The summed E-state index contributed by atoms with van der Waals surface area (Å²) < 4.78 is 0. The fraction of sp³-hybridized carbons (Fsp3) is 0.929. The highest BCUT2D eigenvalue weighted by atomic mass is 127. The van der Waals surface area contributed by atoms with Crippen LogP contribution in [0.4, 0.5) is 0 Å². The molecule has 0 aromatic rings. The Morgan fingerprint density at radius 1 is 0.944 bits per heavy atom. The predicted octanol–water partition coefficient (Wildman–Crippen LogP) is 3.41. The van der Waals surface area contributed by atoms with E-state index in [9.17, 15) is 0 Å². The van der Waals surface area contributed by atoms with Gasteiger partial charge in [0.05, 0.1) is 0 Å². The minimum atomic E-state index is 0. The second kappa shape index (κ2) is 7.56. The molecule has 0 aromatic carbocycles. The normalized spacial score (nSPS) is 24.0. The average Bonchev–Trinajstić information content (AvgIpc) is 2.39. The zero-order chi connectivity index (χ0) is 12.1. The molecule has 2 saturated carbocycles. The molecule has 106 valence electrons. The van der Waals surface area contributed by atoms with Gasteiger partial charge in [0, 0.05) is 6.54 Å². The van der Waals surface area contributed by atoms with Gasteiger partial charge in [-0.05, 0) is 37.0 Å². The second-order valence-corrected chi connectivity index (χ2v) is 6.00. The fourth-order valence-electron chi connectivity index (χ4n) is 3.92. The van der Waals surface area contributed by atoms with E-state index in [4.69, 9.17) is 11.5 Å². The lowest BCUT2D eigenvalue weighted by atomic mass is 9.62. The first-order chi connectivity index (χ1) is 8.23. The first-order valence-corrected chi connectivity index (χ1v) is 7.28. The van der Waals surface area contributed by atoms with E-state index in [1.807, 2.05) is 0 Å². The van der Waals surface area contributed by atoms with Crippen molar-refractivity contribution in [3.63, 3.8) is 0 Å². The number of hydrogen-bond acceptors (Lipinski definition) is 1. The molecule has 0 bridgehead atoms. The van der Waals surface area contributed by atoms with Crippen LogP contribution in [0.3, 0.4) is 0 Å². The maximum atomic E-state index is 5.53. The fourth-order valence-corrected chi connectivity index (χ4v) is 3.92. The highest BCUT2D eigenvalue weighted by Crippen LogP contribution is 2.48. The third-order valence-corrected chi connectivity index (χ3v) is 4.90. The van der Waals surface area contributed by atoms with Crippen molar-refractivity contribution in [2.24, 2.45) is 27.8 Å². The van der Waals surface area contributed by atoms with Crippen LogP contribution in [0.15, 0.2) is 4.99 Å². The molecule has 0 heterocycles. The van der Waals surface area contributed by atoms with Crippen molar-refractivity contribution in [3.05, 3.63) is 0 Å². The smallest absolute Gasteiger partial charge is 0.185 e. The molecule has 2 aliphatic rings. The van der Waals surface area contributed by atoms with Crippen LogP contribution in [-0.2, 0) is 0 Å². The molecular formula is C14H28IN3. The molecule has 4 heteroatoms. The Bertz CT molecular complexity index is 262. The molecule has 2 rings (SSSR count). The van der Waals surface area contributed by atoms with Crippen LogP contribution in [0.5, 0.6) is 0 Å². The van der Waals surface area contributed by atoms with E-state index in [0.717, 1.165) is 12.5 Å². The Morgan fingerprint density at radius 3 is 2.06 bits per heavy atom. The third-order valence-electron chi connectivity index (χ3n) is 4.90. The lowest BCUT2D eigenvalue weighted by Crippen LogP contribution is -2.38. The molecule has 0 atom stereocenters. The minimum Gasteiger partial charge on any atom is -0.370 e. The van der Waals surface area contributed by atoms with Crippen LogP contribution in [0, 0.1) is 11.3 Å². The highest BCUT2D eigenvalue weighted by molar-refractivity contribution is 14.0. The van der Waals surface area contributed by atoms with E-state index in [0.29, 0.717) is 5.41 Å². The van der Waals surface area contributed by atoms with E-state index in [1.54, 1.807) is 0 Å². The molecule has 0 radical (unpaired) electrons. The van der Waals surface area contributed by atoms with Crippen molar-refractivity contribution in [1.82, 2.24) is 0 Å². The summed E-state index contributed by atoms with van der Waals surface area (Å²) in [5.74, 6) is 1.14. The van der Waals surface area contributed by atoms with E-state index in [1.165, 1.54) is 64.2 Å². The molecule has 2 aliphatic carbocycles. The van der Waals surface area contributed by atoms with Crippen molar-refractivity contribution in [2.75, 3.05) is 6.54 Å². The van der Waals surface area contributed by atoms with Crippen molar-refractivity contribution >= 4 is 29.9 Å². The average molecular weight is 365 g/mol. The summed E-state index contributed by atoms with van der Waals surface area (Å²) >= 11 is 0. The zero-order valence-electron chi connectivity index (χ0n) is 11.4. The van der Waals surface area contributed by atoms with Gasteiger partial charge in [0.1, 0.15) is 0 Å². The predicted molar refractivity (Wildman–Crippen MR) is 88.2 cm³/mol. The van der Waals surface area contributed by atoms with Gasteiger partial charge in [-0.2, -0.15) is 0 Å². The van der Waals surface area contributed by atoms with Gasteiger partial charge in [-0.25, -0.2) is 0 Å². The molecule has 0 amide bonds. The maximum absolute atomic E-state index is 5.53. The number of halogens is 1. The minimum absolute atomic E-state index is 0. The van der Waals surface area contributed by atoms with Crippen molar-refractivity contribution in [2.45, 2.75) is 64.2 Å². The van der Waals surface area contributed by atoms with E-state index < -0.39 is 0 Å². The van der Waals surface area contributed by atoms with Crippen molar-refractivity contribution in [1.29, 1.82) is 0 Å². The van der Waals surface area contributed by atoms with Crippen LogP contribution in [0.2, 0.25) is 0 Å². The van der Waals surface area contributed by atoms with E-state index in [2.05, 4.69) is 4.99 Å². The van der Waals surface area contributed by atoms with Gasteiger partial charge in [0.2, 0.25) is 0 Å². The molecule has 0 spiro atoms. The van der Waals surface area contributed by atoms with Gasteiger partial charge < -0.3 is 11.5 Å². The molecule has 4 N–H and O–H groups in total. The Hall–Kier alpha value is 0. The molecule has 0 unspecified atom stereocenters. The third kappa shape index (κ3) is 4.00. The second-order valence-electron chi connectivity index (χ2n) is 6.00. The van der Waals surface area contributed by atoms with Gasteiger partial charge in [-0.15, -0.1) is 24.0 Å². The molecular weight excluding hydrogens is 337 g/mol. The van der Waals surface area contributed by atoms with Crippen molar-refractivity contribution < 1.29 is 0 Å². The SMILES string of the molecule is I.NC(N)=NCC1(C2CCCCC2)CCCCC1. The summed E-state index contributed by atoms with van der Waals surface area (Å²) in [4.78, 5) is 4.37. The number of rotatable bonds is 3. The molecule has 0 aromatic heterocycles. The number of aliphatic imine (C=N–C) groups is 1. The summed E-state index contributed by atoms with van der Waals surface area (Å²) in [5, 5.41) is 0. The Morgan fingerprint density at radius 2 is 1.50 bits per heavy atom. The first-order valence-electron chi connectivity index (χ1n) is 7.28. The Labute approximate surface area is 128 Å². The van der Waals surface area contributed by atoms with Gasteiger partial charge in [0.15, 0.2) is 5.96 Å². The summed E-state index contributed by atoms with van der Waals surface area (Å²) in [7, 11) is 0. The molecule has 2 fully saturated rings. The number of hydrogen-bond donors (Lipinski definition) is 2. The zero-order valence-corrected chi connectivity index (χ0v) is 13.7. The van der Waals surface area contributed by atoms with Crippen molar-refractivity contribution in [3.8, 4) is 0 Å². The summed E-state index contributed by atoms with van der Waals surface area (Å²) in [5.41, 5.74) is 11.5. The molecule has 0 aliphatic heterocycles. The summed E-state index contributed by atoms with van der Waals surface area (Å²) in [6.07, 6.45) is 13.9. The number of guanidine groups is 1. The van der Waals surface area contributed by atoms with Crippen LogP contribution in [0.25, 0.3) is 0 Å². The lowest BCUT2D eigenvalue weighted by Gasteiger charge is -2.44. The standard InChI is InChI=1S/C14H27N3.HI/c15-13(16)17-11-14(9-5-2-6-10-14)12-7-3-1-4-8-12;/h12H,1-11H2,(H4,15,16,17);1H. The van der Waals surface area contributed by atoms with Crippen LogP contribution < -0.4 is 11.5 Å². The topological polar surface area (TPSA) is 64.4 Å². The summed E-state index contributed by atoms with van der Waals surface area (Å²) in [6, 6.07) is 0. The molecule has 0 saturated heterocycles. The first kappa shape index (κ1) is 16.1. The quantitative estimate of drug-likeness (QED) is 0.457. The van der Waals surface area contributed by atoms with Crippen LogP contribution in [0.1, 0.15) is 64.2 Å². The van der Waals surface area contributed by atoms with E-state index in [-0.39, 0.29) is 29.9 Å². The van der Waals surface area contributed by atoms with Crippen LogP contribution in [-0.4, -0.2) is 12.5 Å². The van der Waals surface area contributed by atoms with Gasteiger partial charge in [-0.1, -0.05) is 38.5 Å².